The molecule has 0 aliphatic carbocycles. The first-order valence-electron chi connectivity index (χ1n) is 5.79. The summed E-state index contributed by atoms with van der Waals surface area (Å²) in [7, 11) is 0. The number of benzene rings is 1. The molecule has 0 heterocycles. The molecular weight excluding hydrogens is 248 g/mol. The van der Waals surface area contributed by atoms with E-state index >= 15 is 0 Å². The van der Waals surface area contributed by atoms with Gasteiger partial charge in [0.2, 0.25) is 0 Å². The van der Waals surface area contributed by atoms with Crippen molar-refractivity contribution in [3.05, 3.63) is 34.4 Å². The van der Waals surface area contributed by atoms with Crippen molar-refractivity contribution in [3.63, 3.8) is 0 Å². The van der Waals surface area contributed by atoms with Crippen molar-refractivity contribution < 1.29 is 9.72 Å². The number of nitrogens with one attached hydrogen (secondary N) is 2. The van der Waals surface area contributed by atoms with Crippen molar-refractivity contribution >= 4 is 17.4 Å². The fourth-order valence-electron chi connectivity index (χ4n) is 1.37. The van der Waals surface area contributed by atoms with Crippen LogP contribution in [-0.2, 0) is 0 Å². The number of amides is 2. The number of hydrogen-bond acceptors (Lipinski definition) is 4. The molecule has 0 atom stereocenters. The number of anilines is 1. The lowest BCUT2D eigenvalue weighted by Crippen LogP contribution is -2.29. The molecule has 2 N–H and O–H groups in total. The van der Waals surface area contributed by atoms with E-state index < -0.39 is 4.92 Å². The second kappa shape index (κ2) is 7.66. The summed E-state index contributed by atoms with van der Waals surface area (Å²) in [5, 5.41) is 24.0. The highest BCUT2D eigenvalue weighted by Gasteiger charge is 2.05. The van der Waals surface area contributed by atoms with Gasteiger partial charge in [0.25, 0.3) is 5.69 Å². The Balaban J connectivity index is 2.32. The van der Waals surface area contributed by atoms with Crippen LogP contribution in [0.15, 0.2) is 24.3 Å². The lowest BCUT2D eigenvalue weighted by Gasteiger charge is -2.06. The highest BCUT2D eigenvalue weighted by atomic mass is 16.6. The number of nitro groups is 1. The van der Waals surface area contributed by atoms with Crippen LogP contribution in [0.1, 0.15) is 19.3 Å². The minimum atomic E-state index is -0.501. The molecule has 0 bridgehead atoms. The van der Waals surface area contributed by atoms with Gasteiger partial charge in [0.15, 0.2) is 0 Å². The molecule has 0 aliphatic rings. The Hall–Kier alpha value is -2.62. The van der Waals surface area contributed by atoms with Crippen LogP contribution >= 0.6 is 0 Å². The number of rotatable bonds is 6. The van der Waals surface area contributed by atoms with Gasteiger partial charge in [0, 0.05) is 30.8 Å². The Morgan fingerprint density at radius 2 is 2.00 bits per heavy atom. The number of carbonyl (C=O) groups is 1. The van der Waals surface area contributed by atoms with Gasteiger partial charge in [0.1, 0.15) is 0 Å². The van der Waals surface area contributed by atoms with Crippen molar-refractivity contribution in [2.24, 2.45) is 0 Å². The molecule has 1 aromatic rings. The summed E-state index contributed by atoms with van der Waals surface area (Å²) in [6, 6.07) is 7.23. The Labute approximate surface area is 110 Å². The zero-order valence-electron chi connectivity index (χ0n) is 10.3. The van der Waals surface area contributed by atoms with E-state index in [9.17, 15) is 14.9 Å². The van der Waals surface area contributed by atoms with E-state index in [0.717, 1.165) is 12.8 Å². The maximum absolute atomic E-state index is 11.4. The van der Waals surface area contributed by atoms with Crippen LogP contribution in [0.3, 0.4) is 0 Å². The first-order valence-corrected chi connectivity index (χ1v) is 5.79. The summed E-state index contributed by atoms with van der Waals surface area (Å²) in [6.45, 7) is 0.487. The van der Waals surface area contributed by atoms with E-state index in [1.54, 1.807) is 0 Å². The van der Waals surface area contributed by atoms with Gasteiger partial charge < -0.3 is 10.6 Å². The second-order valence-electron chi connectivity index (χ2n) is 3.80. The fourth-order valence-corrected chi connectivity index (χ4v) is 1.37. The van der Waals surface area contributed by atoms with E-state index in [0.29, 0.717) is 18.7 Å². The molecule has 1 aromatic carbocycles. The summed E-state index contributed by atoms with van der Waals surface area (Å²) < 4.78 is 0. The molecule has 0 saturated heterocycles. The number of nitro benzene ring substituents is 1. The van der Waals surface area contributed by atoms with Crippen molar-refractivity contribution in [3.8, 4) is 6.07 Å². The lowest BCUT2D eigenvalue weighted by atomic mass is 10.2. The molecule has 0 fully saturated rings. The van der Waals surface area contributed by atoms with Crippen LogP contribution in [0.25, 0.3) is 0 Å². The standard InChI is InChI=1S/C12H14N4O3/c13-8-2-1-3-9-14-12(17)15-10-4-6-11(7-5-10)16(18)19/h4-7H,1-3,9H2,(H2,14,15,17). The Morgan fingerprint density at radius 1 is 1.32 bits per heavy atom. The van der Waals surface area contributed by atoms with Crippen LogP contribution in [-0.4, -0.2) is 17.5 Å². The molecule has 7 nitrogen and oxygen atoms in total. The van der Waals surface area contributed by atoms with E-state index in [1.807, 2.05) is 6.07 Å². The highest BCUT2D eigenvalue weighted by Crippen LogP contribution is 2.15. The minimum absolute atomic E-state index is 0.0255. The molecule has 0 aliphatic heterocycles. The minimum Gasteiger partial charge on any atom is -0.338 e. The molecule has 0 aromatic heterocycles. The molecule has 0 saturated carbocycles. The Bertz CT molecular complexity index is 479. The SMILES string of the molecule is N#CCCCCNC(=O)Nc1ccc([N+](=O)[O-])cc1. The third-order valence-electron chi connectivity index (χ3n) is 2.34. The predicted octanol–water partition coefficient (Wildman–Crippen LogP) is 2.41. The zero-order chi connectivity index (χ0) is 14.1. The number of non-ortho nitro benzene ring substituents is 1. The summed E-state index contributed by atoms with van der Waals surface area (Å²) in [5.74, 6) is 0. The van der Waals surface area contributed by atoms with E-state index in [4.69, 9.17) is 5.26 Å². The van der Waals surface area contributed by atoms with Crippen LogP contribution in [0, 0.1) is 21.4 Å². The molecule has 19 heavy (non-hydrogen) atoms. The third kappa shape index (κ3) is 5.50. The van der Waals surface area contributed by atoms with Gasteiger partial charge in [-0.2, -0.15) is 5.26 Å². The van der Waals surface area contributed by atoms with E-state index in [-0.39, 0.29) is 11.7 Å². The van der Waals surface area contributed by atoms with Crippen molar-refractivity contribution in [1.29, 1.82) is 5.26 Å². The van der Waals surface area contributed by atoms with Gasteiger partial charge >= 0.3 is 6.03 Å². The number of nitrogens with zero attached hydrogens (tertiary/aromatic N) is 2. The smallest absolute Gasteiger partial charge is 0.319 e. The van der Waals surface area contributed by atoms with Gasteiger partial charge in [-0.15, -0.1) is 0 Å². The average molecular weight is 262 g/mol. The maximum atomic E-state index is 11.4. The van der Waals surface area contributed by atoms with Crippen LogP contribution < -0.4 is 10.6 Å². The Kier molecular flexibility index (Phi) is 5.82. The summed E-state index contributed by atoms with van der Waals surface area (Å²) >= 11 is 0. The highest BCUT2D eigenvalue weighted by molar-refractivity contribution is 5.89. The summed E-state index contributed by atoms with van der Waals surface area (Å²) in [6.07, 6.45) is 1.96. The van der Waals surface area contributed by atoms with Crippen LogP contribution in [0.2, 0.25) is 0 Å². The first-order chi connectivity index (χ1) is 9.13. The van der Waals surface area contributed by atoms with Crippen molar-refractivity contribution in [2.75, 3.05) is 11.9 Å². The molecule has 1 rings (SSSR count). The van der Waals surface area contributed by atoms with Crippen LogP contribution in [0.5, 0.6) is 0 Å². The van der Waals surface area contributed by atoms with Crippen molar-refractivity contribution in [2.45, 2.75) is 19.3 Å². The fraction of sp³-hybridized carbons (Fsp3) is 0.333. The Morgan fingerprint density at radius 3 is 2.58 bits per heavy atom. The summed E-state index contributed by atoms with van der Waals surface area (Å²) in [4.78, 5) is 21.4. The number of unbranched alkanes of at least 4 members (excludes halogenated alkanes) is 2. The van der Waals surface area contributed by atoms with E-state index in [2.05, 4.69) is 10.6 Å². The molecule has 100 valence electrons. The first kappa shape index (κ1) is 14.4. The summed E-state index contributed by atoms with van der Waals surface area (Å²) in [5.41, 5.74) is 0.461. The molecule has 0 spiro atoms. The molecular formula is C12H14N4O3. The number of hydrogen-bond donors (Lipinski definition) is 2. The van der Waals surface area contributed by atoms with Gasteiger partial charge in [-0.3, -0.25) is 10.1 Å². The number of carbonyl (C=O) groups excluding carboxylic acids is 1. The molecule has 7 heteroatoms. The monoisotopic (exact) mass is 262 g/mol. The van der Waals surface area contributed by atoms with Gasteiger partial charge in [-0.25, -0.2) is 4.79 Å². The maximum Gasteiger partial charge on any atom is 0.319 e. The van der Waals surface area contributed by atoms with Gasteiger partial charge in [-0.05, 0) is 25.0 Å². The van der Waals surface area contributed by atoms with Crippen molar-refractivity contribution in [1.82, 2.24) is 5.32 Å². The van der Waals surface area contributed by atoms with Gasteiger partial charge in [-0.1, -0.05) is 0 Å². The number of urea groups is 1. The molecule has 0 unspecified atom stereocenters. The van der Waals surface area contributed by atoms with E-state index in [1.165, 1.54) is 24.3 Å². The topological polar surface area (TPSA) is 108 Å². The number of nitriles is 1. The molecule has 0 radical (unpaired) electrons. The van der Waals surface area contributed by atoms with Gasteiger partial charge in [0.05, 0.1) is 11.0 Å². The second-order valence-corrected chi connectivity index (χ2v) is 3.80. The largest absolute Gasteiger partial charge is 0.338 e. The lowest BCUT2D eigenvalue weighted by molar-refractivity contribution is -0.384. The van der Waals surface area contributed by atoms with Crippen LogP contribution in [0.4, 0.5) is 16.2 Å². The third-order valence-corrected chi connectivity index (χ3v) is 2.34. The average Bonchev–Trinajstić information content (AvgIpc) is 2.39. The zero-order valence-corrected chi connectivity index (χ0v) is 10.3. The quantitative estimate of drug-likeness (QED) is 0.466. The molecule has 2 amide bonds. The predicted molar refractivity (Wildman–Crippen MR) is 69.6 cm³/mol. The normalized spacial score (nSPS) is 9.42.